The maximum atomic E-state index is 11.6. The van der Waals surface area contributed by atoms with Gasteiger partial charge >= 0.3 is 0 Å². The van der Waals surface area contributed by atoms with E-state index in [0.29, 0.717) is 6.54 Å². The first-order chi connectivity index (χ1) is 7.01. The van der Waals surface area contributed by atoms with Gasteiger partial charge in [-0.05, 0) is 6.42 Å². The van der Waals surface area contributed by atoms with E-state index >= 15 is 0 Å². The highest BCUT2D eigenvalue weighted by molar-refractivity contribution is 5.76. The predicted octanol–water partition coefficient (Wildman–Crippen LogP) is 0.642. The number of methoxy groups -OCH3 is 1. The lowest BCUT2D eigenvalue weighted by atomic mass is 9.81. The fourth-order valence-electron chi connectivity index (χ4n) is 2.24. The summed E-state index contributed by atoms with van der Waals surface area (Å²) in [4.78, 5) is 13.4. The SMILES string of the molecule is CO[C@@H]1CCN(C(=O)CCO)CC1(C)C. The molecule has 0 saturated carbocycles. The number of rotatable bonds is 3. The average molecular weight is 215 g/mol. The smallest absolute Gasteiger partial charge is 0.224 e. The molecular formula is C11H21NO3. The summed E-state index contributed by atoms with van der Waals surface area (Å²) in [6, 6.07) is 0. The van der Waals surface area contributed by atoms with Gasteiger partial charge in [-0.25, -0.2) is 0 Å². The van der Waals surface area contributed by atoms with E-state index in [-0.39, 0.29) is 30.5 Å². The first kappa shape index (κ1) is 12.5. The number of piperidine rings is 1. The van der Waals surface area contributed by atoms with Crippen molar-refractivity contribution in [2.75, 3.05) is 26.8 Å². The summed E-state index contributed by atoms with van der Waals surface area (Å²) >= 11 is 0. The molecule has 15 heavy (non-hydrogen) atoms. The molecule has 0 aromatic heterocycles. The van der Waals surface area contributed by atoms with E-state index in [2.05, 4.69) is 13.8 Å². The van der Waals surface area contributed by atoms with Gasteiger partial charge in [-0.15, -0.1) is 0 Å². The molecule has 0 radical (unpaired) electrons. The molecule has 0 spiro atoms. The van der Waals surface area contributed by atoms with Crippen LogP contribution in [0.2, 0.25) is 0 Å². The number of aliphatic hydroxyl groups excluding tert-OH is 1. The Labute approximate surface area is 91.2 Å². The van der Waals surface area contributed by atoms with Crippen LogP contribution in [0.1, 0.15) is 26.7 Å². The zero-order valence-corrected chi connectivity index (χ0v) is 9.82. The minimum absolute atomic E-state index is 0.00187. The van der Waals surface area contributed by atoms with E-state index in [1.165, 1.54) is 0 Å². The molecule has 1 aliphatic heterocycles. The molecular weight excluding hydrogens is 194 g/mol. The lowest BCUT2D eigenvalue weighted by Gasteiger charge is -2.43. The van der Waals surface area contributed by atoms with Crippen LogP contribution >= 0.6 is 0 Å². The van der Waals surface area contributed by atoms with Crippen LogP contribution in [0.4, 0.5) is 0 Å². The highest BCUT2D eigenvalue weighted by Crippen LogP contribution is 2.31. The zero-order chi connectivity index (χ0) is 11.5. The summed E-state index contributed by atoms with van der Waals surface area (Å²) in [6.45, 7) is 5.60. The molecule has 1 aliphatic rings. The van der Waals surface area contributed by atoms with Crippen LogP contribution < -0.4 is 0 Å². The normalized spacial score (nSPS) is 25.3. The predicted molar refractivity (Wildman–Crippen MR) is 57.5 cm³/mol. The van der Waals surface area contributed by atoms with Crippen molar-refractivity contribution < 1.29 is 14.6 Å². The van der Waals surface area contributed by atoms with Crippen molar-refractivity contribution in [3.05, 3.63) is 0 Å². The second-order valence-corrected chi connectivity index (χ2v) is 4.79. The highest BCUT2D eigenvalue weighted by Gasteiger charge is 2.37. The van der Waals surface area contributed by atoms with E-state index in [1.54, 1.807) is 7.11 Å². The Morgan fingerprint density at radius 3 is 2.73 bits per heavy atom. The number of carbonyl (C=O) groups is 1. The van der Waals surface area contributed by atoms with Crippen molar-refractivity contribution in [1.82, 2.24) is 4.90 Å². The summed E-state index contributed by atoms with van der Waals surface area (Å²) in [5.74, 6) is 0.0418. The van der Waals surface area contributed by atoms with Gasteiger partial charge in [0.05, 0.1) is 12.7 Å². The number of ether oxygens (including phenoxy) is 1. The molecule has 0 aromatic rings. The Kier molecular flexibility index (Phi) is 4.11. The molecule has 1 amide bonds. The van der Waals surface area contributed by atoms with Crippen molar-refractivity contribution in [3.63, 3.8) is 0 Å². The van der Waals surface area contributed by atoms with Crippen LogP contribution in [-0.4, -0.2) is 48.8 Å². The lowest BCUT2D eigenvalue weighted by molar-refractivity contribution is -0.139. The number of aliphatic hydroxyl groups is 1. The maximum Gasteiger partial charge on any atom is 0.224 e. The molecule has 0 aliphatic carbocycles. The summed E-state index contributed by atoms with van der Waals surface area (Å²) < 4.78 is 5.41. The molecule has 1 fully saturated rings. The second kappa shape index (κ2) is 4.94. The third kappa shape index (κ3) is 2.92. The lowest BCUT2D eigenvalue weighted by Crippen LogP contribution is -2.51. The molecule has 1 saturated heterocycles. The van der Waals surface area contributed by atoms with Crippen LogP contribution in [0.3, 0.4) is 0 Å². The van der Waals surface area contributed by atoms with Gasteiger partial charge in [0.1, 0.15) is 0 Å². The molecule has 0 aromatic carbocycles. The van der Waals surface area contributed by atoms with E-state index in [0.717, 1.165) is 13.0 Å². The Hall–Kier alpha value is -0.610. The standard InChI is InChI=1S/C11H21NO3/c1-11(2)8-12(10(14)5-7-13)6-4-9(11)15-3/h9,13H,4-8H2,1-3H3/t9-/m1/s1. The Morgan fingerprint density at radius 1 is 1.60 bits per heavy atom. The minimum Gasteiger partial charge on any atom is -0.396 e. The number of hydrogen-bond acceptors (Lipinski definition) is 3. The van der Waals surface area contributed by atoms with Crippen molar-refractivity contribution >= 4 is 5.91 Å². The van der Waals surface area contributed by atoms with Crippen LogP contribution in [-0.2, 0) is 9.53 Å². The summed E-state index contributed by atoms with van der Waals surface area (Å²) in [6.07, 6.45) is 1.32. The molecule has 1 atom stereocenters. The minimum atomic E-state index is -0.0660. The highest BCUT2D eigenvalue weighted by atomic mass is 16.5. The zero-order valence-electron chi connectivity index (χ0n) is 9.82. The number of hydrogen-bond donors (Lipinski definition) is 1. The van der Waals surface area contributed by atoms with Gasteiger partial charge in [-0.3, -0.25) is 4.79 Å². The number of carbonyl (C=O) groups excluding carboxylic acids is 1. The van der Waals surface area contributed by atoms with E-state index in [1.807, 2.05) is 4.90 Å². The van der Waals surface area contributed by atoms with Crippen molar-refractivity contribution in [2.24, 2.45) is 5.41 Å². The first-order valence-electron chi connectivity index (χ1n) is 5.42. The van der Waals surface area contributed by atoms with Gasteiger partial charge in [0.25, 0.3) is 0 Å². The Morgan fingerprint density at radius 2 is 2.27 bits per heavy atom. The van der Waals surface area contributed by atoms with Crippen molar-refractivity contribution in [1.29, 1.82) is 0 Å². The third-order valence-corrected chi connectivity index (χ3v) is 3.09. The summed E-state index contributed by atoms with van der Waals surface area (Å²) in [5, 5.41) is 8.72. The van der Waals surface area contributed by atoms with Gasteiger partial charge in [0, 0.05) is 32.0 Å². The van der Waals surface area contributed by atoms with Crippen LogP contribution in [0, 0.1) is 5.41 Å². The molecule has 4 heteroatoms. The van der Waals surface area contributed by atoms with Gasteiger partial charge in [-0.1, -0.05) is 13.8 Å². The first-order valence-corrected chi connectivity index (χ1v) is 5.42. The van der Waals surface area contributed by atoms with Crippen LogP contribution in [0.15, 0.2) is 0 Å². The molecule has 1 rings (SSSR count). The molecule has 4 nitrogen and oxygen atoms in total. The largest absolute Gasteiger partial charge is 0.396 e. The monoisotopic (exact) mass is 215 g/mol. The van der Waals surface area contributed by atoms with E-state index < -0.39 is 0 Å². The van der Waals surface area contributed by atoms with Gasteiger partial charge in [-0.2, -0.15) is 0 Å². The second-order valence-electron chi connectivity index (χ2n) is 4.79. The molecule has 1 N–H and O–H groups in total. The Balaban J connectivity index is 2.57. The maximum absolute atomic E-state index is 11.6. The van der Waals surface area contributed by atoms with Crippen molar-refractivity contribution in [2.45, 2.75) is 32.8 Å². The topological polar surface area (TPSA) is 49.8 Å². The molecule has 1 heterocycles. The number of amides is 1. The quantitative estimate of drug-likeness (QED) is 0.751. The van der Waals surface area contributed by atoms with Crippen molar-refractivity contribution in [3.8, 4) is 0 Å². The third-order valence-electron chi connectivity index (χ3n) is 3.09. The molecule has 0 bridgehead atoms. The van der Waals surface area contributed by atoms with Gasteiger partial charge in [0.15, 0.2) is 0 Å². The van der Waals surface area contributed by atoms with Gasteiger partial charge in [0.2, 0.25) is 5.91 Å². The van der Waals surface area contributed by atoms with Crippen LogP contribution in [0.5, 0.6) is 0 Å². The molecule has 88 valence electrons. The average Bonchev–Trinajstić information content (AvgIpc) is 2.16. The number of likely N-dealkylation sites (tertiary alicyclic amines) is 1. The number of nitrogens with zero attached hydrogens (tertiary/aromatic N) is 1. The Bertz CT molecular complexity index is 228. The summed E-state index contributed by atoms with van der Waals surface area (Å²) in [5.41, 5.74) is -0.00187. The fourth-order valence-corrected chi connectivity index (χ4v) is 2.24. The van der Waals surface area contributed by atoms with E-state index in [9.17, 15) is 4.79 Å². The summed E-state index contributed by atoms with van der Waals surface area (Å²) in [7, 11) is 1.72. The fraction of sp³-hybridized carbons (Fsp3) is 0.909. The van der Waals surface area contributed by atoms with E-state index in [4.69, 9.17) is 9.84 Å². The van der Waals surface area contributed by atoms with Crippen LogP contribution in [0.25, 0.3) is 0 Å². The van der Waals surface area contributed by atoms with Gasteiger partial charge < -0.3 is 14.7 Å². The molecule has 0 unspecified atom stereocenters.